The summed E-state index contributed by atoms with van der Waals surface area (Å²) in [6, 6.07) is 14.6. The SMILES string of the molecule is N#Cc1ccccc1OCC(=O)NNC(=O)CNC(=O)c1cccc(Cl)c1. The van der Waals surface area contributed by atoms with E-state index < -0.39 is 24.3 Å². The molecule has 2 aromatic carbocycles. The van der Waals surface area contributed by atoms with E-state index in [1.807, 2.05) is 6.07 Å². The van der Waals surface area contributed by atoms with E-state index in [-0.39, 0.29) is 17.9 Å². The molecule has 0 saturated carbocycles. The van der Waals surface area contributed by atoms with E-state index in [2.05, 4.69) is 16.2 Å². The maximum atomic E-state index is 11.9. The highest BCUT2D eigenvalue weighted by Gasteiger charge is 2.10. The number of nitrogens with zero attached hydrogens (tertiary/aromatic N) is 1. The molecule has 0 aliphatic carbocycles. The summed E-state index contributed by atoms with van der Waals surface area (Å²) in [5.41, 5.74) is 4.88. The molecule has 8 nitrogen and oxygen atoms in total. The van der Waals surface area contributed by atoms with Crippen molar-refractivity contribution in [2.24, 2.45) is 0 Å². The zero-order valence-corrected chi connectivity index (χ0v) is 14.7. The van der Waals surface area contributed by atoms with E-state index >= 15 is 0 Å². The van der Waals surface area contributed by atoms with Gasteiger partial charge in [0, 0.05) is 10.6 Å². The molecule has 0 aliphatic heterocycles. The summed E-state index contributed by atoms with van der Waals surface area (Å²) in [5.74, 6) is -1.47. The summed E-state index contributed by atoms with van der Waals surface area (Å²) in [4.78, 5) is 35.2. The highest BCUT2D eigenvalue weighted by molar-refractivity contribution is 6.30. The van der Waals surface area contributed by atoms with E-state index in [9.17, 15) is 14.4 Å². The highest BCUT2D eigenvalue weighted by Crippen LogP contribution is 2.16. The molecule has 2 aromatic rings. The fraction of sp³-hybridized carbons (Fsp3) is 0.111. The molecule has 0 aliphatic rings. The third-order valence-corrected chi connectivity index (χ3v) is 3.44. The lowest BCUT2D eigenvalue weighted by Crippen LogP contribution is -2.47. The van der Waals surface area contributed by atoms with E-state index in [0.29, 0.717) is 10.6 Å². The van der Waals surface area contributed by atoms with Gasteiger partial charge in [-0.1, -0.05) is 29.8 Å². The van der Waals surface area contributed by atoms with Gasteiger partial charge in [-0.05, 0) is 30.3 Å². The number of amides is 3. The van der Waals surface area contributed by atoms with Crippen molar-refractivity contribution in [2.75, 3.05) is 13.2 Å². The van der Waals surface area contributed by atoms with Crippen LogP contribution in [-0.4, -0.2) is 30.9 Å². The number of nitriles is 1. The van der Waals surface area contributed by atoms with Crippen molar-refractivity contribution in [3.63, 3.8) is 0 Å². The van der Waals surface area contributed by atoms with Gasteiger partial charge in [0.1, 0.15) is 11.8 Å². The largest absolute Gasteiger partial charge is 0.482 e. The zero-order valence-electron chi connectivity index (χ0n) is 14.0. The number of benzene rings is 2. The minimum absolute atomic E-state index is 0.260. The first-order valence-corrected chi connectivity index (χ1v) is 8.11. The number of para-hydroxylation sites is 1. The lowest BCUT2D eigenvalue weighted by molar-refractivity contribution is -0.129. The van der Waals surface area contributed by atoms with Gasteiger partial charge in [-0.3, -0.25) is 25.2 Å². The van der Waals surface area contributed by atoms with Gasteiger partial charge in [0.15, 0.2) is 6.61 Å². The zero-order chi connectivity index (χ0) is 19.6. The standard InChI is InChI=1S/C18H15ClN4O4/c19-14-6-3-5-12(8-14)18(26)21-10-16(24)22-23-17(25)11-27-15-7-2-1-4-13(15)9-20/h1-8H,10-11H2,(H,21,26)(H,22,24)(H,23,25). The number of rotatable bonds is 6. The minimum Gasteiger partial charge on any atom is -0.482 e. The van der Waals surface area contributed by atoms with Gasteiger partial charge < -0.3 is 10.1 Å². The number of nitrogens with one attached hydrogen (secondary N) is 3. The molecule has 2 rings (SSSR count). The number of halogens is 1. The average molecular weight is 387 g/mol. The Morgan fingerprint density at radius 1 is 1.04 bits per heavy atom. The van der Waals surface area contributed by atoms with Crippen LogP contribution < -0.4 is 20.9 Å². The molecule has 0 fully saturated rings. The van der Waals surface area contributed by atoms with E-state index in [1.165, 1.54) is 6.07 Å². The van der Waals surface area contributed by atoms with Crippen LogP contribution >= 0.6 is 11.6 Å². The molecule has 0 spiro atoms. The van der Waals surface area contributed by atoms with E-state index in [1.54, 1.807) is 42.5 Å². The van der Waals surface area contributed by atoms with Crippen LogP contribution in [0.4, 0.5) is 0 Å². The van der Waals surface area contributed by atoms with Gasteiger partial charge in [0.2, 0.25) is 0 Å². The summed E-state index contributed by atoms with van der Waals surface area (Å²) in [6.07, 6.45) is 0. The number of hydrogen-bond donors (Lipinski definition) is 3. The van der Waals surface area contributed by atoms with Crippen LogP contribution in [0.2, 0.25) is 5.02 Å². The molecule has 0 heterocycles. The number of carbonyl (C=O) groups is 3. The van der Waals surface area contributed by atoms with Gasteiger partial charge in [-0.25, -0.2) is 0 Å². The first-order chi connectivity index (χ1) is 13.0. The van der Waals surface area contributed by atoms with Crippen LogP contribution in [0.1, 0.15) is 15.9 Å². The molecule has 9 heteroatoms. The Labute approximate surface area is 160 Å². The molecule has 0 radical (unpaired) electrons. The first kappa shape index (κ1) is 19.8. The van der Waals surface area contributed by atoms with Crippen molar-refractivity contribution in [1.29, 1.82) is 5.26 Å². The van der Waals surface area contributed by atoms with Crippen molar-refractivity contribution in [1.82, 2.24) is 16.2 Å². The third-order valence-electron chi connectivity index (χ3n) is 3.20. The Kier molecular flexibility index (Phi) is 7.16. The topological polar surface area (TPSA) is 120 Å². The Morgan fingerprint density at radius 2 is 1.78 bits per heavy atom. The lowest BCUT2D eigenvalue weighted by atomic mass is 10.2. The van der Waals surface area contributed by atoms with Gasteiger partial charge in [-0.15, -0.1) is 0 Å². The molecule has 0 bridgehead atoms. The molecule has 0 atom stereocenters. The van der Waals surface area contributed by atoms with Gasteiger partial charge in [0.25, 0.3) is 17.7 Å². The lowest BCUT2D eigenvalue weighted by Gasteiger charge is -2.10. The normalized spacial score (nSPS) is 9.63. The number of carbonyl (C=O) groups excluding carboxylic acids is 3. The Balaban J connectivity index is 1.71. The summed E-state index contributed by atoms with van der Waals surface area (Å²) < 4.78 is 5.22. The molecule has 3 N–H and O–H groups in total. The smallest absolute Gasteiger partial charge is 0.276 e. The second-order valence-corrected chi connectivity index (χ2v) is 5.62. The van der Waals surface area contributed by atoms with Crippen molar-refractivity contribution in [2.45, 2.75) is 0 Å². The molecular formula is C18H15ClN4O4. The third kappa shape index (κ3) is 6.34. The van der Waals surface area contributed by atoms with Crippen LogP contribution in [0.3, 0.4) is 0 Å². The molecular weight excluding hydrogens is 372 g/mol. The summed E-state index contributed by atoms with van der Waals surface area (Å²) in [7, 11) is 0. The molecule has 138 valence electrons. The monoisotopic (exact) mass is 386 g/mol. The fourth-order valence-electron chi connectivity index (χ4n) is 1.94. The fourth-order valence-corrected chi connectivity index (χ4v) is 2.13. The Hall–Kier alpha value is -3.57. The number of hydrogen-bond acceptors (Lipinski definition) is 5. The van der Waals surface area contributed by atoms with Gasteiger partial charge in [-0.2, -0.15) is 5.26 Å². The van der Waals surface area contributed by atoms with Crippen molar-refractivity contribution in [3.8, 4) is 11.8 Å². The van der Waals surface area contributed by atoms with E-state index in [0.717, 1.165) is 0 Å². The predicted molar refractivity (Wildman–Crippen MR) is 96.7 cm³/mol. The maximum absolute atomic E-state index is 11.9. The summed E-state index contributed by atoms with van der Waals surface area (Å²) in [5, 5.41) is 11.7. The number of ether oxygens (including phenoxy) is 1. The summed E-state index contributed by atoms with van der Waals surface area (Å²) >= 11 is 5.79. The average Bonchev–Trinajstić information content (AvgIpc) is 2.69. The van der Waals surface area contributed by atoms with E-state index in [4.69, 9.17) is 21.6 Å². The first-order valence-electron chi connectivity index (χ1n) is 7.73. The minimum atomic E-state index is -0.629. The molecule has 27 heavy (non-hydrogen) atoms. The van der Waals surface area contributed by atoms with Crippen LogP contribution in [0, 0.1) is 11.3 Å². The van der Waals surface area contributed by atoms with Crippen LogP contribution in [-0.2, 0) is 9.59 Å². The Bertz CT molecular complexity index is 895. The number of hydrazine groups is 1. The van der Waals surface area contributed by atoms with Crippen LogP contribution in [0.15, 0.2) is 48.5 Å². The quantitative estimate of drug-likeness (QED) is 0.643. The summed E-state index contributed by atoms with van der Waals surface area (Å²) in [6.45, 7) is -0.738. The van der Waals surface area contributed by atoms with Gasteiger partial charge >= 0.3 is 0 Å². The molecule has 0 aromatic heterocycles. The second-order valence-electron chi connectivity index (χ2n) is 5.19. The Morgan fingerprint density at radius 3 is 2.52 bits per heavy atom. The molecule has 3 amide bonds. The predicted octanol–water partition coefficient (Wildman–Crippen LogP) is 1.17. The van der Waals surface area contributed by atoms with Crippen molar-refractivity contribution in [3.05, 3.63) is 64.7 Å². The molecule has 0 saturated heterocycles. The van der Waals surface area contributed by atoms with Crippen molar-refractivity contribution < 1.29 is 19.1 Å². The van der Waals surface area contributed by atoms with Crippen molar-refractivity contribution >= 4 is 29.3 Å². The molecule has 0 unspecified atom stereocenters. The van der Waals surface area contributed by atoms with Crippen LogP contribution in [0.5, 0.6) is 5.75 Å². The van der Waals surface area contributed by atoms with Crippen LogP contribution in [0.25, 0.3) is 0 Å². The van der Waals surface area contributed by atoms with Gasteiger partial charge in [0.05, 0.1) is 12.1 Å². The second kappa shape index (κ2) is 9.79. The maximum Gasteiger partial charge on any atom is 0.276 e. The highest BCUT2D eigenvalue weighted by atomic mass is 35.5.